The van der Waals surface area contributed by atoms with Gasteiger partial charge < -0.3 is 10.6 Å². The first-order chi connectivity index (χ1) is 12.0. The van der Waals surface area contributed by atoms with Crippen LogP contribution >= 0.6 is 11.6 Å². The lowest BCUT2D eigenvalue weighted by Gasteiger charge is -2.23. The molecule has 0 atom stereocenters. The average Bonchev–Trinajstić information content (AvgIpc) is 2.58. The summed E-state index contributed by atoms with van der Waals surface area (Å²) in [7, 11) is 0. The van der Waals surface area contributed by atoms with Crippen molar-refractivity contribution in [1.29, 1.82) is 0 Å². The van der Waals surface area contributed by atoms with Crippen LogP contribution in [0.1, 0.15) is 19.4 Å². The van der Waals surface area contributed by atoms with E-state index in [1.54, 1.807) is 19.1 Å². The second-order valence-corrected chi connectivity index (χ2v) is 6.65. The minimum absolute atomic E-state index is 0.400. The van der Waals surface area contributed by atoms with Crippen LogP contribution in [0.25, 0.3) is 0 Å². The Morgan fingerprint density at radius 1 is 0.923 bits per heavy atom. The van der Waals surface area contributed by atoms with Crippen molar-refractivity contribution in [3.05, 3.63) is 58.4 Å². The Balaban J connectivity index is 2.20. The van der Waals surface area contributed by atoms with Gasteiger partial charge in [0.15, 0.2) is 17.5 Å². The molecular weight excluding hydrogens is 369 g/mol. The van der Waals surface area contributed by atoms with E-state index in [1.807, 2.05) is 0 Å². The van der Waals surface area contributed by atoms with E-state index in [2.05, 4.69) is 10.6 Å². The summed E-state index contributed by atoms with van der Waals surface area (Å²) in [4.78, 5) is 24.9. The Bertz CT molecular complexity index is 885. The molecule has 2 aromatic rings. The van der Waals surface area contributed by atoms with Crippen molar-refractivity contribution in [2.45, 2.75) is 20.8 Å². The van der Waals surface area contributed by atoms with Crippen molar-refractivity contribution >= 4 is 34.8 Å². The van der Waals surface area contributed by atoms with Crippen molar-refractivity contribution < 1.29 is 22.8 Å². The third-order valence-electron chi connectivity index (χ3n) is 3.87. The van der Waals surface area contributed by atoms with Gasteiger partial charge in [-0.1, -0.05) is 17.7 Å². The largest absolute Gasteiger partial charge is 0.325 e. The predicted molar refractivity (Wildman–Crippen MR) is 93.5 cm³/mol. The van der Waals surface area contributed by atoms with Crippen LogP contribution < -0.4 is 10.6 Å². The third-order valence-corrected chi connectivity index (χ3v) is 4.10. The zero-order chi connectivity index (χ0) is 19.6. The number of hydrogen-bond donors (Lipinski definition) is 2. The first-order valence-electron chi connectivity index (χ1n) is 7.56. The van der Waals surface area contributed by atoms with Crippen LogP contribution in [-0.2, 0) is 9.59 Å². The number of anilines is 2. The van der Waals surface area contributed by atoms with Gasteiger partial charge in [-0.05, 0) is 50.6 Å². The number of amides is 2. The summed E-state index contributed by atoms with van der Waals surface area (Å²) in [5, 5.41) is 5.08. The van der Waals surface area contributed by atoms with Crippen molar-refractivity contribution in [2.75, 3.05) is 10.6 Å². The summed E-state index contributed by atoms with van der Waals surface area (Å²) in [6, 6.07) is 6.42. The van der Waals surface area contributed by atoms with Gasteiger partial charge in [-0.2, -0.15) is 0 Å². The maximum atomic E-state index is 13.7. The van der Waals surface area contributed by atoms with E-state index in [0.29, 0.717) is 16.8 Å². The standard InChI is InChI=1S/C18H16ClF3N2O2/c1-9-4-5-10(19)8-13(9)24-17(26)18(2,3)16(25)23-12-7-6-11(20)14(21)15(12)22/h4-8H,1-3H3,(H,23,25)(H,24,26). The molecule has 0 aliphatic rings. The van der Waals surface area contributed by atoms with E-state index in [1.165, 1.54) is 19.9 Å². The molecule has 4 nitrogen and oxygen atoms in total. The topological polar surface area (TPSA) is 58.2 Å². The SMILES string of the molecule is Cc1ccc(Cl)cc1NC(=O)C(C)(C)C(=O)Nc1ccc(F)c(F)c1F. The molecule has 8 heteroatoms. The molecule has 26 heavy (non-hydrogen) atoms. The highest BCUT2D eigenvalue weighted by Gasteiger charge is 2.37. The predicted octanol–water partition coefficient (Wildman–Crippen LogP) is 4.67. The summed E-state index contributed by atoms with van der Waals surface area (Å²) >= 11 is 5.89. The van der Waals surface area contributed by atoms with E-state index in [4.69, 9.17) is 11.6 Å². The number of aryl methyl sites for hydroxylation is 1. The van der Waals surface area contributed by atoms with E-state index >= 15 is 0 Å². The summed E-state index contributed by atoms with van der Waals surface area (Å²) in [6.45, 7) is 4.38. The van der Waals surface area contributed by atoms with Gasteiger partial charge in [0.2, 0.25) is 11.8 Å². The smallest absolute Gasteiger partial charge is 0.239 e. The van der Waals surface area contributed by atoms with Gasteiger partial charge in [-0.15, -0.1) is 0 Å². The zero-order valence-electron chi connectivity index (χ0n) is 14.2. The zero-order valence-corrected chi connectivity index (χ0v) is 15.0. The number of carbonyl (C=O) groups is 2. The average molecular weight is 385 g/mol. The van der Waals surface area contributed by atoms with Gasteiger partial charge in [0, 0.05) is 10.7 Å². The molecule has 2 amide bonds. The minimum atomic E-state index is -1.71. The molecule has 0 saturated heterocycles. The summed E-state index contributed by atoms with van der Waals surface area (Å²) < 4.78 is 40.0. The lowest BCUT2D eigenvalue weighted by atomic mass is 9.90. The van der Waals surface area contributed by atoms with Crippen molar-refractivity contribution in [3.8, 4) is 0 Å². The summed E-state index contributed by atoms with van der Waals surface area (Å²) in [6.07, 6.45) is 0. The fourth-order valence-electron chi connectivity index (χ4n) is 2.01. The van der Waals surface area contributed by atoms with Crippen molar-refractivity contribution in [1.82, 2.24) is 0 Å². The van der Waals surface area contributed by atoms with Crippen LogP contribution in [0.4, 0.5) is 24.5 Å². The molecule has 0 heterocycles. The molecule has 0 fully saturated rings. The van der Waals surface area contributed by atoms with Crippen LogP contribution in [0.2, 0.25) is 5.02 Å². The van der Waals surface area contributed by atoms with Gasteiger partial charge in [0.05, 0.1) is 5.69 Å². The monoisotopic (exact) mass is 384 g/mol. The Hall–Kier alpha value is -2.54. The van der Waals surface area contributed by atoms with Crippen LogP contribution in [0.3, 0.4) is 0 Å². The highest BCUT2D eigenvalue weighted by Crippen LogP contribution is 2.26. The van der Waals surface area contributed by atoms with Crippen molar-refractivity contribution in [3.63, 3.8) is 0 Å². The molecule has 2 rings (SSSR count). The maximum absolute atomic E-state index is 13.7. The number of halogens is 4. The molecule has 0 spiro atoms. The summed E-state index contributed by atoms with van der Waals surface area (Å²) in [5.74, 6) is -6.20. The molecular formula is C18H16ClF3N2O2. The van der Waals surface area contributed by atoms with E-state index in [9.17, 15) is 22.8 Å². The Morgan fingerprint density at radius 3 is 2.12 bits per heavy atom. The van der Waals surface area contributed by atoms with Crippen LogP contribution in [0, 0.1) is 29.8 Å². The molecule has 2 N–H and O–H groups in total. The normalized spacial score (nSPS) is 11.2. The molecule has 0 saturated carbocycles. The molecule has 0 aromatic heterocycles. The van der Waals surface area contributed by atoms with Crippen LogP contribution in [-0.4, -0.2) is 11.8 Å². The molecule has 0 aliphatic carbocycles. The number of carbonyl (C=O) groups excluding carboxylic acids is 2. The van der Waals surface area contributed by atoms with Gasteiger partial charge in [0.1, 0.15) is 5.41 Å². The minimum Gasteiger partial charge on any atom is -0.325 e. The maximum Gasteiger partial charge on any atom is 0.239 e. The van der Waals surface area contributed by atoms with Gasteiger partial charge in [0.25, 0.3) is 0 Å². The molecule has 0 unspecified atom stereocenters. The van der Waals surface area contributed by atoms with Gasteiger partial charge in [-0.3, -0.25) is 9.59 Å². The van der Waals surface area contributed by atoms with Gasteiger partial charge in [-0.25, -0.2) is 13.2 Å². The highest BCUT2D eigenvalue weighted by atomic mass is 35.5. The number of benzene rings is 2. The van der Waals surface area contributed by atoms with Crippen molar-refractivity contribution in [2.24, 2.45) is 5.41 Å². The fraction of sp³-hybridized carbons (Fsp3) is 0.222. The highest BCUT2D eigenvalue weighted by molar-refractivity contribution is 6.31. The molecule has 0 radical (unpaired) electrons. The third kappa shape index (κ3) is 3.99. The molecule has 2 aromatic carbocycles. The second kappa shape index (κ2) is 7.37. The molecule has 138 valence electrons. The van der Waals surface area contributed by atoms with E-state index in [-0.39, 0.29) is 0 Å². The van der Waals surface area contributed by atoms with E-state index in [0.717, 1.165) is 11.6 Å². The van der Waals surface area contributed by atoms with Gasteiger partial charge >= 0.3 is 0 Å². The first kappa shape index (κ1) is 19.8. The second-order valence-electron chi connectivity index (χ2n) is 6.22. The quantitative estimate of drug-likeness (QED) is 0.594. The lowest BCUT2D eigenvalue weighted by molar-refractivity contribution is -0.135. The lowest BCUT2D eigenvalue weighted by Crippen LogP contribution is -2.42. The van der Waals surface area contributed by atoms with E-state index < -0.39 is 40.4 Å². The Kier molecular flexibility index (Phi) is 5.61. The number of nitrogens with one attached hydrogen (secondary N) is 2. The summed E-state index contributed by atoms with van der Waals surface area (Å²) in [5.41, 5.74) is -1.05. The molecule has 0 aliphatic heterocycles. The fourth-order valence-corrected chi connectivity index (χ4v) is 2.18. The number of rotatable bonds is 4. The van der Waals surface area contributed by atoms with Crippen LogP contribution in [0.15, 0.2) is 30.3 Å². The molecule has 0 bridgehead atoms. The first-order valence-corrected chi connectivity index (χ1v) is 7.94. The van der Waals surface area contributed by atoms with Crippen LogP contribution in [0.5, 0.6) is 0 Å². The Labute approximate surface area is 153 Å². The Morgan fingerprint density at radius 2 is 1.50 bits per heavy atom. The number of hydrogen-bond acceptors (Lipinski definition) is 2.